The number of pyridine rings is 1. The number of nitrogens with zero attached hydrogens (tertiary/aromatic N) is 1. The van der Waals surface area contributed by atoms with E-state index >= 15 is 0 Å². The molecule has 1 heterocycles. The van der Waals surface area contributed by atoms with Crippen LogP contribution in [-0.4, -0.2) is 16.9 Å². The number of aryl methyl sites for hydroxylation is 3. The smallest absolute Gasteiger partial charge is 0.220 e. The number of primary amides is 1. The third-order valence-corrected chi connectivity index (χ3v) is 4.63. The van der Waals surface area contributed by atoms with E-state index in [0.29, 0.717) is 6.04 Å². The van der Waals surface area contributed by atoms with Crippen LogP contribution in [-0.2, 0) is 4.79 Å². The van der Waals surface area contributed by atoms with Gasteiger partial charge in [0, 0.05) is 29.4 Å². The maximum atomic E-state index is 11.2. The van der Waals surface area contributed by atoms with Gasteiger partial charge in [-0.3, -0.25) is 9.78 Å². The third-order valence-electron chi connectivity index (χ3n) is 4.63. The fourth-order valence-corrected chi connectivity index (χ4v) is 3.67. The Hall–Kier alpha value is -1.42. The first kappa shape index (κ1) is 16.0. The Kier molecular flexibility index (Phi) is 4.99. The molecule has 0 saturated heterocycles. The second kappa shape index (κ2) is 6.56. The fourth-order valence-electron chi connectivity index (χ4n) is 3.67. The highest BCUT2D eigenvalue weighted by Crippen LogP contribution is 2.27. The minimum absolute atomic E-state index is 0.0721. The van der Waals surface area contributed by atoms with Crippen molar-refractivity contribution >= 4 is 5.91 Å². The maximum absolute atomic E-state index is 11.2. The molecule has 0 bridgehead atoms. The maximum Gasteiger partial charge on any atom is 0.220 e. The molecule has 4 heteroatoms. The zero-order chi connectivity index (χ0) is 15.6. The number of rotatable bonds is 4. The van der Waals surface area contributed by atoms with Crippen molar-refractivity contribution in [1.82, 2.24) is 10.3 Å². The van der Waals surface area contributed by atoms with Gasteiger partial charge in [-0.25, -0.2) is 0 Å². The highest BCUT2D eigenvalue weighted by Gasteiger charge is 2.26. The van der Waals surface area contributed by atoms with Crippen LogP contribution in [0.5, 0.6) is 0 Å². The van der Waals surface area contributed by atoms with E-state index in [1.807, 2.05) is 6.92 Å². The van der Waals surface area contributed by atoms with Gasteiger partial charge in [0.2, 0.25) is 5.91 Å². The predicted octanol–water partition coefficient (Wildman–Crippen LogP) is 2.70. The normalized spacial score (nSPS) is 23.8. The topological polar surface area (TPSA) is 68.0 Å². The highest BCUT2D eigenvalue weighted by molar-refractivity contribution is 5.76. The first-order chi connectivity index (χ1) is 9.88. The van der Waals surface area contributed by atoms with Gasteiger partial charge in [0.05, 0.1) is 0 Å². The number of aromatic nitrogens is 1. The lowest BCUT2D eigenvalue weighted by Gasteiger charge is -2.31. The number of nitrogens with two attached hydrogens (primary N) is 1. The Morgan fingerprint density at radius 1 is 1.29 bits per heavy atom. The van der Waals surface area contributed by atoms with Crippen LogP contribution >= 0.6 is 0 Å². The van der Waals surface area contributed by atoms with Gasteiger partial charge in [-0.05, 0) is 70.6 Å². The molecule has 1 saturated carbocycles. The molecule has 0 aromatic carbocycles. The summed E-state index contributed by atoms with van der Waals surface area (Å²) in [5, 5.41) is 3.70. The van der Waals surface area contributed by atoms with Crippen molar-refractivity contribution in [2.75, 3.05) is 0 Å². The summed E-state index contributed by atoms with van der Waals surface area (Å²) >= 11 is 0. The first-order valence-electron chi connectivity index (χ1n) is 7.88. The van der Waals surface area contributed by atoms with Crippen LogP contribution in [0.2, 0.25) is 0 Å². The Labute approximate surface area is 127 Å². The number of hydrogen-bond acceptors (Lipinski definition) is 3. The summed E-state index contributed by atoms with van der Waals surface area (Å²) in [6.45, 7) is 8.47. The Balaban J connectivity index is 2.00. The lowest BCUT2D eigenvalue weighted by molar-refractivity contribution is -0.122. The van der Waals surface area contributed by atoms with Crippen molar-refractivity contribution in [2.24, 2.45) is 11.7 Å². The van der Waals surface area contributed by atoms with E-state index in [0.717, 1.165) is 37.1 Å². The van der Waals surface area contributed by atoms with Gasteiger partial charge < -0.3 is 11.1 Å². The average Bonchev–Trinajstić information content (AvgIpc) is 2.37. The molecule has 4 nitrogen and oxygen atoms in total. The van der Waals surface area contributed by atoms with E-state index in [1.165, 1.54) is 11.1 Å². The third kappa shape index (κ3) is 3.82. The van der Waals surface area contributed by atoms with Gasteiger partial charge in [-0.15, -0.1) is 0 Å². The fraction of sp³-hybridized carbons (Fsp3) is 0.647. The zero-order valence-corrected chi connectivity index (χ0v) is 13.6. The lowest BCUT2D eigenvalue weighted by Crippen LogP contribution is -2.38. The first-order valence-corrected chi connectivity index (χ1v) is 7.88. The molecule has 3 N–H and O–H groups in total. The molecule has 2 rings (SSSR count). The Morgan fingerprint density at radius 2 is 1.90 bits per heavy atom. The van der Waals surface area contributed by atoms with Gasteiger partial charge in [0.1, 0.15) is 0 Å². The molecule has 116 valence electrons. The molecule has 1 aromatic rings. The van der Waals surface area contributed by atoms with Crippen molar-refractivity contribution in [1.29, 1.82) is 0 Å². The molecule has 0 aliphatic heterocycles. The summed E-state index contributed by atoms with van der Waals surface area (Å²) in [7, 11) is 0. The van der Waals surface area contributed by atoms with Crippen molar-refractivity contribution in [2.45, 2.75) is 65.5 Å². The van der Waals surface area contributed by atoms with Gasteiger partial charge >= 0.3 is 0 Å². The number of nitrogens with one attached hydrogen (secondary N) is 1. The molecular formula is C17H27N3O. The second-order valence-electron chi connectivity index (χ2n) is 6.42. The summed E-state index contributed by atoms with van der Waals surface area (Å²) in [6, 6.07) is 2.90. The quantitative estimate of drug-likeness (QED) is 0.895. The minimum Gasteiger partial charge on any atom is -0.369 e. The van der Waals surface area contributed by atoms with Crippen LogP contribution in [0.4, 0.5) is 0 Å². The number of carbonyl (C=O) groups is 1. The molecule has 1 aliphatic carbocycles. The molecule has 1 amide bonds. The van der Waals surface area contributed by atoms with Gasteiger partial charge in [0.25, 0.3) is 0 Å². The zero-order valence-electron chi connectivity index (χ0n) is 13.6. The van der Waals surface area contributed by atoms with Gasteiger partial charge in [-0.2, -0.15) is 0 Å². The van der Waals surface area contributed by atoms with E-state index in [-0.39, 0.29) is 17.9 Å². The Bertz CT molecular complexity index is 496. The second-order valence-corrected chi connectivity index (χ2v) is 6.42. The average molecular weight is 289 g/mol. The summed E-state index contributed by atoms with van der Waals surface area (Å²) in [6.07, 6.45) is 3.86. The summed E-state index contributed by atoms with van der Waals surface area (Å²) < 4.78 is 0. The standard InChI is InChI=1S/C17H27N3O/c1-10-9-11(2)19-12(3)16(10)13(4)20-15-7-5-14(6-8-15)17(18)21/h9,13-15,20H,5-8H2,1-4H3,(H2,18,21). The number of hydrogen-bond donors (Lipinski definition) is 2. The summed E-state index contributed by atoms with van der Waals surface area (Å²) in [4.78, 5) is 15.8. The van der Waals surface area contributed by atoms with Crippen LogP contribution in [0, 0.1) is 26.7 Å². The van der Waals surface area contributed by atoms with Crippen LogP contribution in [0.25, 0.3) is 0 Å². The molecule has 1 unspecified atom stereocenters. The predicted molar refractivity (Wildman–Crippen MR) is 84.9 cm³/mol. The number of carbonyl (C=O) groups excluding carboxylic acids is 1. The van der Waals surface area contributed by atoms with Crippen molar-refractivity contribution in [3.8, 4) is 0 Å². The lowest BCUT2D eigenvalue weighted by atomic mass is 9.85. The van der Waals surface area contributed by atoms with E-state index in [4.69, 9.17) is 5.73 Å². The van der Waals surface area contributed by atoms with E-state index in [1.54, 1.807) is 0 Å². The largest absolute Gasteiger partial charge is 0.369 e. The van der Waals surface area contributed by atoms with Crippen LogP contribution in [0.15, 0.2) is 6.07 Å². The summed E-state index contributed by atoms with van der Waals surface area (Å²) in [5.74, 6) is -0.0706. The Morgan fingerprint density at radius 3 is 2.43 bits per heavy atom. The van der Waals surface area contributed by atoms with Crippen molar-refractivity contribution in [3.05, 3.63) is 28.6 Å². The highest BCUT2D eigenvalue weighted by atomic mass is 16.1. The van der Waals surface area contributed by atoms with E-state index < -0.39 is 0 Å². The molecule has 21 heavy (non-hydrogen) atoms. The van der Waals surface area contributed by atoms with Gasteiger partial charge in [0.15, 0.2) is 0 Å². The molecule has 1 atom stereocenters. The van der Waals surface area contributed by atoms with Crippen LogP contribution in [0.3, 0.4) is 0 Å². The van der Waals surface area contributed by atoms with E-state index in [2.05, 4.69) is 37.1 Å². The molecular weight excluding hydrogens is 262 g/mol. The van der Waals surface area contributed by atoms with Crippen molar-refractivity contribution in [3.63, 3.8) is 0 Å². The minimum atomic E-state index is -0.143. The molecule has 0 spiro atoms. The SMILES string of the molecule is Cc1cc(C)c(C(C)NC2CCC(C(N)=O)CC2)c(C)n1. The molecule has 1 fully saturated rings. The molecule has 0 radical (unpaired) electrons. The molecule has 1 aliphatic rings. The monoisotopic (exact) mass is 289 g/mol. The van der Waals surface area contributed by atoms with Crippen molar-refractivity contribution < 1.29 is 4.79 Å². The van der Waals surface area contributed by atoms with Crippen LogP contribution < -0.4 is 11.1 Å². The van der Waals surface area contributed by atoms with E-state index in [9.17, 15) is 4.79 Å². The summed E-state index contributed by atoms with van der Waals surface area (Å²) in [5.41, 5.74) is 10.2. The van der Waals surface area contributed by atoms with Crippen LogP contribution in [0.1, 0.15) is 61.2 Å². The van der Waals surface area contributed by atoms with Gasteiger partial charge in [-0.1, -0.05) is 0 Å². The molecule has 1 aromatic heterocycles. The number of amides is 1.